The fourth-order valence-corrected chi connectivity index (χ4v) is 3.72. The van der Waals surface area contributed by atoms with Crippen LogP contribution in [0, 0.1) is 5.82 Å². The first-order chi connectivity index (χ1) is 13.5. The van der Waals surface area contributed by atoms with Gasteiger partial charge in [0.25, 0.3) is 5.91 Å². The summed E-state index contributed by atoms with van der Waals surface area (Å²) in [5.74, 6) is 0.543. The van der Waals surface area contributed by atoms with Gasteiger partial charge in [-0.05, 0) is 30.3 Å². The van der Waals surface area contributed by atoms with Crippen molar-refractivity contribution in [3.8, 4) is 28.5 Å². The Labute approximate surface area is 168 Å². The summed E-state index contributed by atoms with van der Waals surface area (Å²) in [6, 6.07) is 7.25. The van der Waals surface area contributed by atoms with E-state index in [0.29, 0.717) is 57.4 Å². The Morgan fingerprint density at radius 2 is 2.11 bits per heavy atom. The van der Waals surface area contributed by atoms with Crippen LogP contribution < -0.4 is 19.5 Å². The maximum absolute atomic E-state index is 13.6. The molecule has 28 heavy (non-hydrogen) atoms. The highest BCUT2D eigenvalue weighted by Gasteiger charge is 2.20. The Hall–Kier alpha value is -2.84. The van der Waals surface area contributed by atoms with Gasteiger partial charge >= 0.3 is 0 Å². The van der Waals surface area contributed by atoms with E-state index in [2.05, 4.69) is 10.3 Å². The number of anilines is 1. The number of benzene rings is 2. The zero-order chi connectivity index (χ0) is 19.7. The largest absolute Gasteiger partial charge is 0.496 e. The van der Waals surface area contributed by atoms with E-state index in [9.17, 15) is 9.18 Å². The fourth-order valence-electron chi connectivity index (χ4n) is 2.75. The zero-order valence-electron chi connectivity index (χ0n) is 14.6. The molecule has 6 nitrogen and oxygen atoms in total. The van der Waals surface area contributed by atoms with Crippen molar-refractivity contribution in [3.63, 3.8) is 0 Å². The molecule has 4 rings (SSSR count). The molecule has 144 valence electrons. The van der Waals surface area contributed by atoms with Crippen LogP contribution >= 0.6 is 22.9 Å². The van der Waals surface area contributed by atoms with Crippen molar-refractivity contribution >= 4 is 34.0 Å². The van der Waals surface area contributed by atoms with E-state index < -0.39 is 11.7 Å². The van der Waals surface area contributed by atoms with Gasteiger partial charge in [0, 0.05) is 16.5 Å². The first-order valence-electron chi connectivity index (χ1n) is 8.25. The average molecular weight is 421 g/mol. The summed E-state index contributed by atoms with van der Waals surface area (Å²) in [6.07, 6.45) is 0. The number of fused-ring (bicyclic) bond motifs is 1. The first kappa shape index (κ1) is 18.5. The number of hydrogen-bond acceptors (Lipinski definition) is 6. The van der Waals surface area contributed by atoms with Crippen LogP contribution in [0.3, 0.4) is 0 Å². The number of nitrogens with one attached hydrogen (secondary N) is 1. The van der Waals surface area contributed by atoms with Gasteiger partial charge in [-0.15, -0.1) is 11.3 Å². The molecule has 0 saturated heterocycles. The molecule has 2 aromatic carbocycles. The summed E-state index contributed by atoms with van der Waals surface area (Å²) in [4.78, 5) is 16.9. The Morgan fingerprint density at radius 1 is 1.29 bits per heavy atom. The monoisotopic (exact) mass is 420 g/mol. The van der Waals surface area contributed by atoms with Crippen molar-refractivity contribution in [1.29, 1.82) is 0 Å². The second kappa shape index (κ2) is 7.65. The van der Waals surface area contributed by atoms with Crippen molar-refractivity contribution in [2.45, 2.75) is 0 Å². The van der Waals surface area contributed by atoms with Gasteiger partial charge < -0.3 is 14.2 Å². The number of nitrogens with zero attached hydrogens (tertiary/aromatic N) is 1. The molecular formula is C19H14ClFN2O4S. The van der Waals surface area contributed by atoms with Gasteiger partial charge in [0.15, 0.2) is 16.6 Å². The minimum atomic E-state index is -0.402. The molecule has 0 radical (unpaired) electrons. The molecule has 1 N–H and O–H groups in total. The van der Waals surface area contributed by atoms with Crippen LogP contribution in [0.5, 0.6) is 17.2 Å². The molecule has 3 aromatic rings. The van der Waals surface area contributed by atoms with E-state index in [0.717, 1.165) is 0 Å². The van der Waals surface area contributed by atoms with Crippen LogP contribution in [0.25, 0.3) is 11.3 Å². The smallest absolute Gasteiger partial charge is 0.257 e. The molecule has 0 saturated carbocycles. The SMILES string of the molecule is COc1ccc(F)cc1-c1csc(NC(=O)c2cc(Cl)c3c(c2)OCCO3)n1. The first-order valence-corrected chi connectivity index (χ1v) is 9.51. The number of amides is 1. The van der Waals surface area contributed by atoms with Crippen LogP contribution in [-0.4, -0.2) is 31.2 Å². The predicted molar refractivity (Wildman–Crippen MR) is 104 cm³/mol. The van der Waals surface area contributed by atoms with E-state index in [-0.39, 0.29) is 0 Å². The van der Waals surface area contributed by atoms with Crippen molar-refractivity contribution in [2.24, 2.45) is 0 Å². The Kier molecular flexibility index (Phi) is 5.06. The lowest BCUT2D eigenvalue weighted by Crippen LogP contribution is -2.17. The zero-order valence-corrected chi connectivity index (χ0v) is 16.2. The number of aromatic nitrogens is 1. The number of halogens is 2. The predicted octanol–water partition coefficient (Wildman–Crippen LogP) is 4.63. The summed E-state index contributed by atoms with van der Waals surface area (Å²) in [6.45, 7) is 0.795. The number of rotatable bonds is 4. The summed E-state index contributed by atoms with van der Waals surface area (Å²) < 4.78 is 29.8. The summed E-state index contributed by atoms with van der Waals surface area (Å²) >= 11 is 7.39. The van der Waals surface area contributed by atoms with E-state index >= 15 is 0 Å². The second-order valence-electron chi connectivity index (χ2n) is 5.82. The molecule has 2 heterocycles. The van der Waals surface area contributed by atoms with Crippen LogP contribution in [0.15, 0.2) is 35.7 Å². The highest BCUT2D eigenvalue weighted by molar-refractivity contribution is 7.14. The third-order valence-electron chi connectivity index (χ3n) is 4.02. The Bertz CT molecular complexity index is 1060. The number of methoxy groups -OCH3 is 1. The molecule has 1 amide bonds. The molecule has 0 unspecified atom stereocenters. The Morgan fingerprint density at radius 3 is 2.93 bits per heavy atom. The number of ether oxygens (including phenoxy) is 3. The molecule has 0 bridgehead atoms. The molecule has 1 aliphatic heterocycles. The molecule has 9 heteroatoms. The minimum absolute atomic E-state index is 0.298. The maximum atomic E-state index is 13.6. The van der Waals surface area contributed by atoms with Gasteiger partial charge in [0.1, 0.15) is 24.8 Å². The van der Waals surface area contributed by atoms with E-state index in [1.165, 1.54) is 42.7 Å². The van der Waals surface area contributed by atoms with Gasteiger partial charge in [-0.1, -0.05) is 11.6 Å². The molecule has 0 spiro atoms. The van der Waals surface area contributed by atoms with Crippen molar-refractivity contribution < 1.29 is 23.4 Å². The van der Waals surface area contributed by atoms with Gasteiger partial charge in [-0.2, -0.15) is 0 Å². The van der Waals surface area contributed by atoms with Crippen molar-refractivity contribution in [3.05, 3.63) is 52.1 Å². The minimum Gasteiger partial charge on any atom is -0.496 e. The number of hydrogen-bond donors (Lipinski definition) is 1. The van der Waals surface area contributed by atoms with Crippen LogP contribution in [0.1, 0.15) is 10.4 Å². The third kappa shape index (κ3) is 3.61. The fraction of sp³-hybridized carbons (Fsp3) is 0.158. The molecule has 1 aliphatic rings. The van der Waals surface area contributed by atoms with E-state index in [1.54, 1.807) is 11.4 Å². The van der Waals surface area contributed by atoms with Crippen LogP contribution in [0.4, 0.5) is 9.52 Å². The summed E-state index contributed by atoms with van der Waals surface area (Å²) in [5.41, 5.74) is 1.31. The van der Waals surface area contributed by atoms with Crippen LogP contribution in [0.2, 0.25) is 5.02 Å². The van der Waals surface area contributed by atoms with Crippen LogP contribution in [-0.2, 0) is 0 Å². The molecule has 1 aromatic heterocycles. The number of carbonyl (C=O) groups excluding carboxylic acids is 1. The lowest BCUT2D eigenvalue weighted by molar-refractivity contribution is 0.102. The third-order valence-corrected chi connectivity index (χ3v) is 5.06. The van der Waals surface area contributed by atoms with Gasteiger partial charge in [0.05, 0.1) is 17.8 Å². The standard InChI is InChI=1S/C19H14ClFN2O4S/c1-25-15-3-2-11(21)8-12(15)14-9-28-19(22-14)23-18(24)10-6-13(20)17-16(7-10)26-4-5-27-17/h2-3,6-9H,4-5H2,1H3,(H,22,23,24). The maximum Gasteiger partial charge on any atom is 0.257 e. The van der Waals surface area contributed by atoms with Crippen molar-refractivity contribution in [1.82, 2.24) is 4.98 Å². The molecular weight excluding hydrogens is 407 g/mol. The second-order valence-corrected chi connectivity index (χ2v) is 7.08. The molecule has 0 aliphatic carbocycles. The normalized spacial score (nSPS) is 12.5. The summed E-state index contributed by atoms with van der Waals surface area (Å²) in [5, 5.41) is 5.08. The molecule has 0 fully saturated rings. The number of carbonyl (C=O) groups is 1. The summed E-state index contributed by atoms with van der Waals surface area (Å²) in [7, 11) is 1.50. The lowest BCUT2D eigenvalue weighted by atomic mass is 10.1. The quantitative estimate of drug-likeness (QED) is 0.666. The van der Waals surface area contributed by atoms with Gasteiger partial charge in [0.2, 0.25) is 0 Å². The Balaban J connectivity index is 1.57. The highest BCUT2D eigenvalue weighted by Crippen LogP contribution is 2.38. The average Bonchev–Trinajstić information content (AvgIpc) is 3.16. The molecule has 0 atom stereocenters. The van der Waals surface area contributed by atoms with E-state index in [1.807, 2.05) is 0 Å². The van der Waals surface area contributed by atoms with Crippen molar-refractivity contribution in [2.75, 3.05) is 25.6 Å². The lowest BCUT2D eigenvalue weighted by Gasteiger charge is -2.20. The highest BCUT2D eigenvalue weighted by atomic mass is 35.5. The van der Waals surface area contributed by atoms with Gasteiger partial charge in [-0.3, -0.25) is 10.1 Å². The topological polar surface area (TPSA) is 69.7 Å². The number of thiazole rings is 1. The van der Waals surface area contributed by atoms with Gasteiger partial charge in [-0.25, -0.2) is 9.37 Å². The van der Waals surface area contributed by atoms with E-state index in [4.69, 9.17) is 25.8 Å².